The molecular formula is C4H9N2O. The molecule has 2 N–H and O–H groups in total. The first-order valence-corrected chi connectivity index (χ1v) is 2.14. The molecule has 3 nitrogen and oxygen atoms in total. The van der Waals surface area contributed by atoms with Crippen molar-refractivity contribution < 1.29 is 5.11 Å². The summed E-state index contributed by atoms with van der Waals surface area (Å²) in [4.78, 5) is 0. The molecule has 0 amide bonds. The maximum absolute atomic E-state index is 9.72. The fourth-order valence-electron chi connectivity index (χ4n) is 0.227. The number of amidine groups is 1. The lowest BCUT2D eigenvalue weighted by molar-refractivity contribution is 0.202. The molecule has 41 valence electrons. The Labute approximate surface area is 42.9 Å². The maximum atomic E-state index is 9.72. The van der Waals surface area contributed by atoms with Gasteiger partial charge in [0.2, 0.25) is 0 Å². The van der Waals surface area contributed by atoms with Crippen LogP contribution in [0.3, 0.4) is 0 Å². The van der Waals surface area contributed by atoms with E-state index in [0.717, 1.165) is 0 Å². The van der Waals surface area contributed by atoms with E-state index in [2.05, 4.69) is 5.32 Å². The quantitative estimate of drug-likeness (QED) is 0.373. The molecular weight excluding hydrogens is 92.1 g/mol. The summed E-state index contributed by atoms with van der Waals surface area (Å²) in [5, 5.41) is 19.1. The molecule has 0 aliphatic heterocycles. The Morgan fingerprint density at radius 1 is 1.86 bits per heavy atom. The molecule has 7 heavy (non-hydrogen) atoms. The van der Waals surface area contributed by atoms with Crippen LogP contribution in [0.5, 0.6) is 0 Å². The lowest BCUT2D eigenvalue weighted by Gasteiger charge is -1.94. The minimum atomic E-state index is -0.195. The lowest BCUT2D eigenvalue weighted by atomic mass is 10.4. The van der Waals surface area contributed by atoms with Crippen molar-refractivity contribution in [3.63, 3.8) is 0 Å². The van der Waals surface area contributed by atoms with Crippen molar-refractivity contribution in [1.82, 2.24) is 5.32 Å². The molecule has 0 aromatic heterocycles. The molecule has 0 aromatic carbocycles. The van der Waals surface area contributed by atoms with Gasteiger partial charge in [-0.05, 0) is 0 Å². The van der Waals surface area contributed by atoms with Gasteiger partial charge >= 0.3 is 0 Å². The average Bonchev–Trinajstić information content (AvgIpc) is 1.68. The Bertz CT molecular complexity index is 62.7. The first-order chi connectivity index (χ1) is 3.31. The van der Waals surface area contributed by atoms with Crippen LogP contribution in [0.4, 0.5) is 0 Å². The molecule has 0 atom stereocenters. The molecule has 1 radical (unpaired) electrons. The van der Waals surface area contributed by atoms with Crippen molar-refractivity contribution in [1.29, 1.82) is 5.41 Å². The van der Waals surface area contributed by atoms with E-state index in [1.165, 1.54) is 0 Å². The Hall–Kier alpha value is -0.570. The second-order valence-electron chi connectivity index (χ2n) is 1.18. The molecule has 0 spiro atoms. The predicted octanol–water partition coefficient (Wildman–Crippen LogP) is 0.00367. The first kappa shape index (κ1) is 6.43. The van der Waals surface area contributed by atoms with E-state index < -0.39 is 0 Å². The third-order valence-corrected chi connectivity index (χ3v) is 0.654. The van der Waals surface area contributed by atoms with Gasteiger partial charge in [0.15, 0.2) is 0 Å². The summed E-state index contributed by atoms with van der Waals surface area (Å²) in [5.74, 6) is 0.315. The summed E-state index contributed by atoms with van der Waals surface area (Å²) in [5.41, 5.74) is 0. The summed E-state index contributed by atoms with van der Waals surface area (Å²) in [7, 11) is 1.64. The molecule has 0 saturated carbocycles. The van der Waals surface area contributed by atoms with Crippen LogP contribution >= 0.6 is 0 Å². The van der Waals surface area contributed by atoms with Crippen molar-refractivity contribution in [2.24, 2.45) is 0 Å². The van der Waals surface area contributed by atoms with Crippen molar-refractivity contribution in [3.8, 4) is 0 Å². The summed E-state index contributed by atoms with van der Waals surface area (Å²) < 4.78 is 0. The van der Waals surface area contributed by atoms with E-state index >= 15 is 0 Å². The molecule has 0 saturated heterocycles. The van der Waals surface area contributed by atoms with Crippen LogP contribution in [0, 0.1) is 5.41 Å². The minimum absolute atomic E-state index is 0.195. The molecule has 0 heterocycles. The highest BCUT2D eigenvalue weighted by molar-refractivity contribution is 5.78. The van der Waals surface area contributed by atoms with Gasteiger partial charge in [0.1, 0.15) is 0 Å². The Morgan fingerprint density at radius 2 is 2.43 bits per heavy atom. The number of hydrogen-bond acceptors (Lipinski definition) is 1. The van der Waals surface area contributed by atoms with Gasteiger partial charge in [-0.2, -0.15) is 0 Å². The van der Waals surface area contributed by atoms with Crippen LogP contribution in [-0.2, 0) is 5.11 Å². The zero-order chi connectivity index (χ0) is 5.70. The second-order valence-corrected chi connectivity index (χ2v) is 1.18. The second kappa shape index (κ2) is 3.61. The van der Waals surface area contributed by atoms with E-state index in [0.29, 0.717) is 12.3 Å². The van der Waals surface area contributed by atoms with Crippen LogP contribution < -0.4 is 5.32 Å². The van der Waals surface area contributed by atoms with Crippen LogP contribution in [0.2, 0.25) is 0 Å². The van der Waals surface area contributed by atoms with Crippen molar-refractivity contribution >= 4 is 5.84 Å². The molecule has 3 heteroatoms. The Balaban J connectivity index is 3.00. The fraction of sp³-hybridized carbons (Fsp3) is 0.750. The highest BCUT2D eigenvalue weighted by atomic mass is 16.3. The van der Waals surface area contributed by atoms with Crippen molar-refractivity contribution in [3.05, 3.63) is 0 Å². The van der Waals surface area contributed by atoms with Crippen molar-refractivity contribution in [2.45, 2.75) is 6.42 Å². The van der Waals surface area contributed by atoms with Crippen LogP contribution in [-0.4, -0.2) is 19.5 Å². The first-order valence-electron chi connectivity index (χ1n) is 2.14. The van der Waals surface area contributed by atoms with Gasteiger partial charge in [0.25, 0.3) is 0 Å². The van der Waals surface area contributed by atoms with Gasteiger partial charge in [-0.15, -0.1) is 0 Å². The summed E-state index contributed by atoms with van der Waals surface area (Å²) in [6, 6.07) is 0. The summed E-state index contributed by atoms with van der Waals surface area (Å²) in [6.45, 7) is -0.195. The van der Waals surface area contributed by atoms with Crippen LogP contribution in [0.25, 0.3) is 0 Å². The van der Waals surface area contributed by atoms with E-state index in [9.17, 15) is 5.11 Å². The summed E-state index contributed by atoms with van der Waals surface area (Å²) >= 11 is 0. The molecule has 0 unspecified atom stereocenters. The van der Waals surface area contributed by atoms with E-state index in [4.69, 9.17) is 5.41 Å². The minimum Gasteiger partial charge on any atom is -0.377 e. The fourth-order valence-corrected chi connectivity index (χ4v) is 0.227. The number of nitrogens with one attached hydrogen (secondary N) is 2. The Morgan fingerprint density at radius 3 is 2.57 bits per heavy atom. The van der Waals surface area contributed by atoms with Crippen LogP contribution in [0.15, 0.2) is 0 Å². The van der Waals surface area contributed by atoms with Gasteiger partial charge in [0, 0.05) is 13.5 Å². The van der Waals surface area contributed by atoms with Gasteiger partial charge in [-0.1, -0.05) is 0 Å². The zero-order valence-electron chi connectivity index (χ0n) is 4.32. The van der Waals surface area contributed by atoms with Crippen molar-refractivity contribution in [2.75, 3.05) is 13.7 Å². The molecule has 0 rings (SSSR count). The average molecular weight is 101 g/mol. The van der Waals surface area contributed by atoms with E-state index in [1.54, 1.807) is 7.05 Å². The monoisotopic (exact) mass is 101 g/mol. The standard InChI is InChI=1S/C4H9N2O/c1-6-4(5)2-3-7/h2-3H2,1H3,(H2,5,6). The molecule has 0 aliphatic carbocycles. The lowest BCUT2D eigenvalue weighted by Crippen LogP contribution is -2.17. The molecule has 0 fully saturated rings. The smallest absolute Gasteiger partial charge is 0.0953 e. The third-order valence-electron chi connectivity index (χ3n) is 0.654. The molecule has 0 aliphatic rings. The normalized spacial score (nSPS) is 8.29. The Kier molecular flexibility index (Phi) is 3.32. The number of rotatable bonds is 2. The highest BCUT2D eigenvalue weighted by Crippen LogP contribution is 1.72. The highest BCUT2D eigenvalue weighted by Gasteiger charge is 1.86. The predicted molar refractivity (Wildman–Crippen MR) is 27.0 cm³/mol. The van der Waals surface area contributed by atoms with E-state index in [-0.39, 0.29) is 6.61 Å². The van der Waals surface area contributed by atoms with Crippen LogP contribution in [0.1, 0.15) is 6.42 Å². The zero-order valence-corrected chi connectivity index (χ0v) is 4.32. The van der Waals surface area contributed by atoms with Gasteiger partial charge in [-0.25, -0.2) is 5.11 Å². The van der Waals surface area contributed by atoms with E-state index in [1.807, 2.05) is 0 Å². The molecule has 0 bridgehead atoms. The molecule has 0 aromatic rings. The summed E-state index contributed by atoms with van der Waals surface area (Å²) in [6.07, 6.45) is 0.316. The largest absolute Gasteiger partial charge is 0.377 e. The SMILES string of the molecule is CNC(=N)CC[O]. The van der Waals surface area contributed by atoms with Gasteiger partial charge in [0.05, 0.1) is 12.4 Å². The third kappa shape index (κ3) is 3.26. The maximum Gasteiger partial charge on any atom is 0.0953 e. The number of hydrogen-bond donors (Lipinski definition) is 2. The van der Waals surface area contributed by atoms with Gasteiger partial charge < -0.3 is 5.32 Å². The topological polar surface area (TPSA) is 55.8 Å². The van der Waals surface area contributed by atoms with Gasteiger partial charge in [-0.3, -0.25) is 5.41 Å².